The van der Waals surface area contributed by atoms with Gasteiger partial charge in [-0.3, -0.25) is 0 Å². The van der Waals surface area contributed by atoms with Gasteiger partial charge in [-0.15, -0.1) is 0 Å². The summed E-state index contributed by atoms with van der Waals surface area (Å²) in [4.78, 5) is 1.86. The summed E-state index contributed by atoms with van der Waals surface area (Å²) in [6, 6.07) is 22.6. The van der Waals surface area contributed by atoms with Gasteiger partial charge < -0.3 is 14.2 Å². The molecule has 1 heterocycles. The quantitative estimate of drug-likeness (QED) is 0.469. The van der Waals surface area contributed by atoms with Crippen molar-refractivity contribution in [3.8, 4) is 11.5 Å². The lowest BCUT2D eigenvalue weighted by Crippen LogP contribution is -2.35. The van der Waals surface area contributed by atoms with Crippen LogP contribution in [0.3, 0.4) is 0 Å². The fourth-order valence-corrected chi connectivity index (χ4v) is 4.43. The van der Waals surface area contributed by atoms with Crippen molar-refractivity contribution < 1.29 is 18.6 Å². The first-order chi connectivity index (χ1) is 14.2. The van der Waals surface area contributed by atoms with Gasteiger partial charge >= 0.3 is 0 Å². The topological polar surface area (TPSA) is 27.7 Å². The fraction of sp³-hybridized carbons (Fsp3) is 0.250. The minimum Gasteiger partial charge on any atom is -0.457 e. The molecule has 3 nitrogen and oxygen atoms in total. The average Bonchev–Trinajstić information content (AvgIpc) is 2.76. The normalized spacial score (nSPS) is 15.8. The summed E-state index contributed by atoms with van der Waals surface area (Å²) in [6.07, 6.45) is 1.45. The Morgan fingerprint density at radius 1 is 0.862 bits per heavy atom. The van der Waals surface area contributed by atoms with E-state index in [9.17, 15) is 4.39 Å². The molecule has 0 unspecified atom stereocenters. The molecule has 3 aromatic rings. The predicted molar refractivity (Wildman–Crippen MR) is 112 cm³/mol. The summed E-state index contributed by atoms with van der Waals surface area (Å²) in [6.45, 7) is 1.24. The van der Waals surface area contributed by atoms with Crippen molar-refractivity contribution in [2.45, 2.75) is 28.2 Å². The van der Waals surface area contributed by atoms with E-state index in [-0.39, 0.29) is 5.82 Å². The zero-order chi connectivity index (χ0) is 20.1. The van der Waals surface area contributed by atoms with Crippen LogP contribution in [0.15, 0.2) is 82.6 Å². The maximum Gasteiger partial charge on any atom is 0.127 e. The second kappa shape index (κ2) is 8.99. The van der Waals surface area contributed by atoms with E-state index in [4.69, 9.17) is 14.2 Å². The van der Waals surface area contributed by atoms with Crippen LogP contribution in [-0.2, 0) is 15.1 Å². The molecule has 1 aliphatic rings. The molecule has 4 rings (SSSR count). The van der Waals surface area contributed by atoms with Gasteiger partial charge in [-0.25, -0.2) is 4.39 Å². The Morgan fingerprint density at radius 2 is 1.55 bits per heavy atom. The van der Waals surface area contributed by atoms with Crippen LogP contribution in [0.1, 0.15) is 18.4 Å². The van der Waals surface area contributed by atoms with Crippen molar-refractivity contribution in [1.82, 2.24) is 0 Å². The standard InChI is InChI=1S/C24H23FO3S/c1-26-24(11-13-27-14-12-24)18-15-19(25)17-23(16-18)29-22-9-7-21(8-10-22)28-20-5-3-2-4-6-20/h2-10,15-17H,11-14H2,1H3. The Labute approximate surface area is 174 Å². The van der Waals surface area contributed by atoms with E-state index in [1.807, 2.05) is 60.7 Å². The number of benzene rings is 3. The first-order valence-corrected chi connectivity index (χ1v) is 10.4. The smallest absolute Gasteiger partial charge is 0.127 e. The predicted octanol–water partition coefficient (Wildman–Crippen LogP) is 6.42. The molecule has 1 saturated heterocycles. The summed E-state index contributed by atoms with van der Waals surface area (Å²) in [7, 11) is 1.69. The number of ether oxygens (including phenoxy) is 3. The van der Waals surface area contributed by atoms with Gasteiger partial charge in [0.15, 0.2) is 0 Å². The lowest BCUT2D eigenvalue weighted by atomic mass is 9.86. The van der Waals surface area contributed by atoms with Crippen LogP contribution in [0.4, 0.5) is 4.39 Å². The van der Waals surface area contributed by atoms with Gasteiger partial charge in [-0.1, -0.05) is 30.0 Å². The molecule has 1 aliphatic heterocycles. The molecular weight excluding hydrogens is 387 g/mol. The van der Waals surface area contributed by atoms with Gasteiger partial charge in [0, 0.05) is 43.0 Å². The summed E-state index contributed by atoms with van der Waals surface area (Å²) < 4.78 is 31.5. The molecule has 0 radical (unpaired) electrons. The number of para-hydroxylation sites is 1. The lowest BCUT2D eigenvalue weighted by molar-refractivity contribution is -0.0950. The minimum atomic E-state index is -0.483. The molecule has 0 spiro atoms. The van der Waals surface area contributed by atoms with Crippen LogP contribution in [0.2, 0.25) is 0 Å². The monoisotopic (exact) mass is 410 g/mol. The van der Waals surface area contributed by atoms with Gasteiger partial charge in [0.1, 0.15) is 17.3 Å². The molecule has 150 valence electrons. The first-order valence-electron chi connectivity index (χ1n) is 9.62. The van der Waals surface area contributed by atoms with E-state index in [1.165, 1.54) is 11.8 Å². The van der Waals surface area contributed by atoms with Crippen LogP contribution < -0.4 is 4.74 Å². The van der Waals surface area contributed by atoms with Crippen LogP contribution >= 0.6 is 11.8 Å². The van der Waals surface area contributed by atoms with Crippen molar-refractivity contribution in [3.05, 3.63) is 84.2 Å². The Hall–Kier alpha value is -2.34. The molecule has 0 aromatic heterocycles. The fourth-order valence-electron chi connectivity index (χ4n) is 3.53. The highest BCUT2D eigenvalue weighted by molar-refractivity contribution is 7.99. The van der Waals surface area contributed by atoms with E-state index in [0.29, 0.717) is 13.2 Å². The number of methoxy groups -OCH3 is 1. The summed E-state index contributed by atoms with van der Waals surface area (Å²) in [5.74, 6) is 1.31. The van der Waals surface area contributed by atoms with Gasteiger partial charge in [0.25, 0.3) is 0 Å². The number of hydrogen-bond donors (Lipinski definition) is 0. The first kappa shape index (κ1) is 20.0. The van der Waals surface area contributed by atoms with E-state index in [1.54, 1.807) is 19.2 Å². The van der Waals surface area contributed by atoms with E-state index >= 15 is 0 Å². The molecule has 5 heteroatoms. The zero-order valence-electron chi connectivity index (χ0n) is 16.3. The molecule has 1 fully saturated rings. The van der Waals surface area contributed by atoms with Gasteiger partial charge in [0.05, 0.1) is 5.60 Å². The number of halogens is 1. The summed E-state index contributed by atoms with van der Waals surface area (Å²) >= 11 is 1.52. The molecule has 3 aromatic carbocycles. The van der Waals surface area contributed by atoms with Crippen LogP contribution in [0.25, 0.3) is 0 Å². The highest BCUT2D eigenvalue weighted by atomic mass is 32.2. The zero-order valence-corrected chi connectivity index (χ0v) is 17.1. The SMILES string of the molecule is COC1(c2cc(F)cc(Sc3ccc(Oc4ccccc4)cc3)c2)CCOCC1. The number of rotatable bonds is 6. The summed E-state index contributed by atoms with van der Waals surface area (Å²) in [5.41, 5.74) is 0.387. The Morgan fingerprint density at radius 3 is 2.24 bits per heavy atom. The summed E-state index contributed by atoms with van der Waals surface area (Å²) in [5, 5.41) is 0. The van der Waals surface area contributed by atoms with Crippen LogP contribution in [-0.4, -0.2) is 20.3 Å². The molecule has 0 amide bonds. The highest BCUT2D eigenvalue weighted by Gasteiger charge is 2.35. The molecule has 0 aliphatic carbocycles. The van der Waals surface area contributed by atoms with Gasteiger partial charge in [-0.05, 0) is 60.2 Å². The van der Waals surface area contributed by atoms with Crippen molar-refractivity contribution >= 4 is 11.8 Å². The molecular formula is C24H23FO3S. The number of hydrogen-bond acceptors (Lipinski definition) is 4. The molecule has 29 heavy (non-hydrogen) atoms. The van der Waals surface area contributed by atoms with Crippen molar-refractivity contribution in [3.63, 3.8) is 0 Å². The van der Waals surface area contributed by atoms with E-state index < -0.39 is 5.60 Å². The Bertz CT molecular complexity index is 938. The molecule has 0 N–H and O–H groups in total. The third-order valence-corrected chi connectivity index (χ3v) is 6.11. The van der Waals surface area contributed by atoms with Gasteiger partial charge in [-0.2, -0.15) is 0 Å². The van der Waals surface area contributed by atoms with Crippen molar-refractivity contribution in [2.75, 3.05) is 20.3 Å². The van der Waals surface area contributed by atoms with E-state index in [0.717, 1.165) is 39.7 Å². The van der Waals surface area contributed by atoms with Crippen molar-refractivity contribution in [2.24, 2.45) is 0 Å². The maximum absolute atomic E-state index is 14.4. The van der Waals surface area contributed by atoms with Gasteiger partial charge in [0.2, 0.25) is 0 Å². The molecule has 0 atom stereocenters. The second-order valence-corrected chi connectivity index (χ2v) is 8.12. The average molecular weight is 411 g/mol. The second-order valence-electron chi connectivity index (χ2n) is 6.97. The van der Waals surface area contributed by atoms with Crippen LogP contribution in [0, 0.1) is 5.82 Å². The Kier molecular flexibility index (Phi) is 6.19. The lowest BCUT2D eigenvalue weighted by Gasteiger charge is -2.36. The maximum atomic E-state index is 14.4. The highest BCUT2D eigenvalue weighted by Crippen LogP contribution is 2.39. The molecule has 0 saturated carbocycles. The largest absolute Gasteiger partial charge is 0.457 e. The minimum absolute atomic E-state index is 0.253. The third kappa shape index (κ3) is 4.81. The van der Waals surface area contributed by atoms with Crippen LogP contribution in [0.5, 0.6) is 11.5 Å². The third-order valence-electron chi connectivity index (χ3n) is 5.13. The van der Waals surface area contributed by atoms with Crippen molar-refractivity contribution in [1.29, 1.82) is 0 Å². The van der Waals surface area contributed by atoms with E-state index in [2.05, 4.69) is 0 Å². The Balaban J connectivity index is 1.51. The molecule has 0 bridgehead atoms.